The average Bonchev–Trinajstić information content (AvgIpc) is 2.95. The zero-order chi connectivity index (χ0) is 18.0. The number of piperidine rings is 1. The summed E-state index contributed by atoms with van der Waals surface area (Å²) in [5.41, 5.74) is 1.42. The first-order chi connectivity index (χ1) is 11.9. The van der Waals surface area contributed by atoms with Crippen LogP contribution in [0.25, 0.3) is 0 Å². The van der Waals surface area contributed by atoms with E-state index in [4.69, 9.17) is 0 Å². The predicted molar refractivity (Wildman–Crippen MR) is 98.6 cm³/mol. The summed E-state index contributed by atoms with van der Waals surface area (Å²) in [5.74, 6) is 1.12. The highest BCUT2D eigenvalue weighted by atomic mass is 32.2. The summed E-state index contributed by atoms with van der Waals surface area (Å²) in [7, 11) is -2.94. The Bertz CT molecular complexity index is 727. The number of carbonyl (C=O) groups is 1. The van der Waals surface area contributed by atoms with Gasteiger partial charge in [0.2, 0.25) is 0 Å². The van der Waals surface area contributed by atoms with Gasteiger partial charge in [0.05, 0.1) is 29.0 Å². The van der Waals surface area contributed by atoms with E-state index in [1.54, 1.807) is 12.4 Å². The predicted octanol–water partition coefficient (Wildman–Crippen LogP) is 1.97. The van der Waals surface area contributed by atoms with Crippen LogP contribution in [-0.2, 0) is 9.84 Å². The molecule has 0 radical (unpaired) electrons. The van der Waals surface area contributed by atoms with E-state index in [-0.39, 0.29) is 23.5 Å². The van der Waals surface area contributed by atoms with E-state index in [0.29, 0.717) is 24.4 Å². The summed E-state index contributed by atoms with van der Waals surface area (Å²) in [6, 6.07) is 1.83. The molecular weight excluding hydrogens is 338 g/mol. The van der Waals surface area contributed by atoms with Gasteiger partial charge in [-0.05, 0) is 38.2 Å². The Balaban J connectivity index is 1.77. The minimum absolute atomic E-state index is 0.0244. The summed E-state index contributed by atoms with van der Waals surface area (Å²) in [4.78, 5) is 21.0. The highest BCUT2D eigenvalue weighted by Crippen LogP contribution is 2.25. The number of hydrogen-bond acceptors (Lipinski definition) is 5. The van der Waals surface area contributed by atoms with Crippen molar-refractivity contribution < 1.29 is 13.2 Å². The number of anilines is 1. The Labute approximate surface area is 150 Å². The second-order valence-corrected chi connectivity index (χ2v) is 9.48. The molecule has 0 aliphatic carbocycles. The topological polar surface area (TPSA) is 70.6 Å². The number of pyridine rings is 1. The third kappa shape index (κ3) is 4.14. The van der Waals surface area contributed by atoms with Crippen molar-refractivity contribution in [2.24, 2.45) is 5.92 Å². The highest BCUT2D eigenvalue weighted by Gasteiger charge is 2.32. The largest absolute Gasteiger partial charge is 0.367 e. The smallest absolute Gasteiger partial charge is 0.255 e. The summed E-state index contributed by atoms with van der Waals surface area (Å²) >= 11 is 0. The molecule has 1 unspecified atom stereocenters. The lowest BCUT2D eigenvalue weighted by Crippen LogP contribution is -2.38. The van der Waals surface area contributed by atoms with E-state index in [1.165, 1.54) is 0 Å². The van der Waals surface area contributed by atoms with Gasteiger partial charge in [-0.1, -0.05) is 6.92 Å². The van der Waals surface area contributed by atoms with Crippen molar-refractivity contribution in [3.8, 4) is 0 Å². The van der Waals surface area contributed by atoms with Crippen molar-refractivity contribution in [1.82, 2.24) is 9.88 Å². The Kier molecular flexibility index (Phi) is 5.32. The fraction of sp³-hybridized carbons (Fsp3) is 0.667. The van der Waals surface area contributed by atoms with Crippen LogP contribution in [0.4, 0.5) is 5.69 Å². The zero-order valence-electron chi connectivity index (χ0n) is 15.0. The van der Waals surface area contributed by atoms with Crippen LogP contribution in [0.3, 0.4) is 0 Å². The maximum Gasteiger partial charge on any atom is 0.255 e. The Hall–Kier alpha value is -1.63. The Morgan fingerprint density at radius 3 is 2.60 bits per heavy atom. The molecule has 2 saturated heterocycles. The lowest BCUT2D eigenvalue weighted by atomic mass is 9.99. The quantitative estimate of drug-likeness (QED) is 0.816. The van der Waals surface area contributed by atoms with Crippen LogP contribution < -0.4 is 4.90 Å². The van der Waals surface area contributed by atoms with Crippen LogP contribution in [0.1, 0.15) is 43.5 Å². The third-order valence-corrected chi connectivity index (χ3v) is 7.11. The van der Waals surface area contributed by atoms with Crippen LogP contribution >= 0.6 is 0 Å². The SMILES string of the molecule is CCN(c1cncc(C(=O)N2CCC(C)CC2)c1)C1CCS(=O)(=O)C1. The van der Waals surface area contributed by atoms with Gasteiger partial charge in [-0.15, -0.1) is 0 Å². The Morgan fingerprint density at radius 1 is 1.28 bits per heavy atom. The van der Waals surface area contributed by atoms with E-state index in [0.717, 1.165) is 31.6 Å². The molecule has 0 spiro atoms. The van der Waals surface area contributed by atoms with E-state index in [1.807, 2.05) is 17.9 Å². The first-order valence-electron chi connectivity index (χ1n) is 9.11. The molecule has 1 amide bonds. The molecule has 7 heteroatoms. The van der Waals surface area contributed by atoms with E-state index in [9.17, 15) is 13.2 Å². The van der Waals surface area contributed by atoms with Crippen molar-refractivity contribution in [3.05, 3.63) is 24.0 Å². The highest BCUT2D eigenvalue weighted by molar-refractivity contribution is 7.91. The number of carbonyl (C=O) groups excluding carboxylic acids is 1. The van der Waals surface area contributed by atoms with Gasteiger partial charge < -0.3 is 9.80 Å². The normalized spacial score (nSPS) is 23.6. The minimum Gasteiger partial charge on any atom is -0.367 e. The first-order valence-corrected chi connectivity index (χ1v) is 10.9. The van der Waals surface area contributed by atoms with Gasteiger partial charge in [-0.2, -0.15) is 0 Å². The molecule has 1 aromatic rings. The number of sulfone groups is 1. The van der Waals surface area contributed by atoms with Crippen LogP contribution in [0.2, 0.25) is 0 Å². The fourth-order valence-corrected chi connectivity index (χ4v) is 5.50. The first kappa shape index (κ1) is 18.2. The lowest BCUT2D eigenvalue weighted by Gasteiger charge is -2.31. The van der Waals surface area contributed by atoms with Crippen molar-refractivity contribution >= 4 is 21.4 Å². The molecular formula is C18H27N3O3S. The summed E-state index contributed by atoms with van der Waals surface area (Å²) in [6.07, 6.45) is 6.06. The maximum atomic E-state index is 12.8. The van der Waals surface area contributed by atoms with Gasteiger partial charge in [0.15, 0.2) is 9.84 Å². The fourth-order valence-electron chi connectivity index (χ4n) is 3.77. The van der Waals surface area contributed by atoms with Gasteiger partial charge in [0.25, 0.3) is 5.91 Å². The molecule has 25 heavy (non-hydrogen) atoms. The van der Waals surface area contributed by atoms with Crippen molar-refractivity contribution in [2.45, 2.75) is 39.2 Å². The lowest BCUT2D eigenvalue weighted by molar-refractivity contribution is 0.0697. The number of amides is 1. The third-order valence-electron chi connectivity index (χ3n) is 5.36. The summed E-state index contributed by atoms with van der Waals surface area (Å²) < 4.78 is 23.6. The second-order valence-electron chi connectivity index (χ2n) is 7.25. The molecule has 3 rings (SSSR count). The number of aromatic nitrogens is 1. The van der Waals surface area contributed by atoms with E-state index >= 15 is 0 Å². The second kappa shape index (κ2) is 7.32. The Morgan fingerprint density at radius 2 is 2.00 bits per heavy atom. The summed E-state index contributed by atoms with van der Waals surface area (Å²) in [5, 5.41) is 0. The van der Waals surface area contributed by atoms with Crippen molar-refractivity contribution in [2.75, 3.05) is 36.0 Å². The van der Waals surface area contributed by atoms with Gasteiger partial charge in [0.1, 0.15) is 0 Å². The molecule has 1 aromatic heterocycles. The minimum atomic E-state index is -2.94. The molecule has 0 aromatic carbocycles. The van der Waals surface area contributed by atoms with E-state index < -0.39 is 9.84 Å². The van der Waals surface area contributed by atoms with Crippen LogP contribution in [0.5, 0.6) is 0 Å². The molecule has 2 fully saturated rings. The van der Waals surface area contributed by atoms with Crippen LogP contribution in [0, 0.1) is 5.92 Å². The van der Waals surface area contributed by atoms with Crippen molar-refractivity contribution in [1.29, 1.82) is 0 Å². The monoisotopic (exact) mass is 365 g/mol. The number of hydrogen-bond donors (Lipinski definition) is 0. The molecule has 2 aliphatic rings. The number of nitrogens with zero attached hydrogens (tertiary/aromatic N) is 3. The van der Waals surface area contributed by atoms with Gasteiger partial charge in [0, 0.05) is 31.9 Å². The molecule has 0 N–H and O–H groups in total. The zero-order valence-corrected chi connectivity index (χ0v) is 15.8. The maximum absolute atomic E-state index is 12.8. The van der Waals surface area contributed by atoms with E-state index in [2.05, 4.69) is 16.8 Å². The average molecular weight is 365 g/mol. The molecule has 0 bridgehead atoms. The summed E-state index contributed by atoms with van der Waals surface area (Å²) in [6.45, 7) is 6.51. The molecule has 0 saturated carbocycles. The number of rotatable bonds is 4. The van der Waals surface area contributed by atoms with Gasteiger partial charge in [-0.25, -0.2) is 8.42 Å². The van der Waals surface area contributed by atoms with Crippen LogP contribution in [-0.4, -0.2) is 61.4 Å². The standard InChI is InChI=1S/C18H27N3O3S/c1-3-21(16-6-9-25(23,24)13-16)17-10-15(11-19-12-17)18(22)20-7-4-14(2)5-8-20/h10-12,14,16H,3-9,13H2,1-2H3. The molecule has 6 nitrogen and oxygen atoms in total. The van der Waals surface area contributed by atoms with Gasteiger partial charge >= 0.3 is 0 Å². The van der Waals surface area contributed by atoms with Crippen molar-refractivity contribution in [3.63, 3.8) is 0 Å². The molecule has 3 heterocycles. The molecule has 2 aliphatic heterocycles. The van der Waals surface area contributed by atoms with Crippen LogP contribution in [0.15, 0.2) is 18.5 Å². The number of likely N-dealkylation sites (tertiary alicyclic amines) is 1. The molecule has 138 valence electrons. The van der Waals surface area contributed by atoms with Gasteiger partial charge in [-0.3, -0.25) is 9.78 Å². The molecule has 1 atom stereocenters.